The van der Waals surface area contributed by atoms with Gasteiger partial charge < -0.3 is 15.2 Å². The Morgan fingerprint density at radius 2 is 1.72 bits per heavy atom. The average Bonchev–Trinajstić information content (AvgIpc) is 2.71. The van der Waals surface area contributed by atoms with E-state index in [1.807, 2.05) is 0 Å². The van der Waals surface area contributed by atoms with Crippen molar-refractivity contribution in [2.45, 2.75) is 25.8 Å². The van der Waals surface area contributed by atoms with E-state index in [1.165, 1.54) is 36.4 Å². The Labute approximate surface area is 166 Å². The Bertz CT molecular complexity index is 909. The van der Waals surface area contributed by atoms with E-state index in [0.717, 1.165) is 5.56 Å². The molecule has 1 amide bonds. The van der Waals surface area contributed by atoms with Crippen molar-refractivity contribution in [1.29, 1.82) is 0 Å². The molecule has 0 radical (unpaired) electrons. The van der Waals surface area contributed by atoms with Crippen LogP contribution in [0.1, 0.15) is 39.6 Å². The number of benzene rings is 2. The Hall–Kier alpha value is -3.75. The van der Waals surface area contributed by atoms with E-state index in [0.29, 0.717) is 6.42 Å². The number of carboxylic acid groups (broad SMARTS) is 1. The molecule has 0 unspecified atom stereocenters. The molecule has 0 aliphatic rings. The summed E-state index contributed by atoms with van der Waals surface area (Å²) >= 11 is 0. The zero-order chi connectivity index (χ0) is 21.4. The number of esters is 1. The average molecular weight is 400 g/mol. The van der Waals surface area contributed by atoms with E-state index in [-0.39, 0.29) is 29.8 Å². The second kappa shape index (κ2) is 9.98. The molecule has 2 rings (SSSR count). The van der Waals surface area contributed by atoms with E-state index in [4.69, 9.17) is 4.74 Å². The van der Waals surface area contributed by atoms with Crippen LogP contribution in [0.3, 0.4) is 0 Å². The van der Waals surface area contributed by atoms with Gasteiger partial charge in [-0.25, -0.2) is 9.59 Å². The van der Waals surface area contributed by atoms with Crippen molar-refractivity contribution in [3.8, 4) is 0 Å². The molecule has 152 valence electrons. The van der Waals surface area contributed by atoms with Crippen LogP contribution >= 0.6 is 0 Å². The summed E-state index contributed by atoms with van der Waals surface area (Å²) in [4.78, 5) is 46.3. The third kappa shape index (κ3) is 5.86. The van der Waals surface area contributed by atoms with Crippen molar-refractivity contribution in [1.82, 2.24) is 5.32 Å². The third-order valence-electron chi connectivity index (χ3n) is 4.15. The summed E-state index contributed by atoms with van der Waals surface area (Å²) in [7, 11) is 0. The Balaban J connectivity index is 2.14. The summed E-state index contributed by atoms with van der Waals surface area (Å²) in [6.45, 7) is 1.75. The van der Waals surface area contributed by atoms with Gasteiger partial charge in [-0.2, -0.15) is 0 Å². The molecule has 2 aromatic carbocycles. The minimum atomic E-state index is -1.26. The standard InChI is InChI=1S/C20H20N2O7/c1-2-29-20(26)17(12-9-13-7-10-14(11-8-13)22(27)28)21-18(23)15-5-3-4-6-16(15)19(24)25/h3-8,10-11,17H,2,9,12H2,1H3,(H,21,23)(H,24,25)/t17-/m0/s1. The number of hydrogen-bond acceptors (Lipinski definition) is 6. The maximum absolute atomic E-state index is 12.6. The molecule has 0 fully saturated rings. The van der Waals surface area contributed by atoms with Gasteiger partial charge in [0.05, 0.1) is 22.7 Å². The third-order valence-corrected chi connectivity index (χ3v) is 4.15. The molecule has 9 nitrogen and oxygen atoms in total. The van der Waals surface area contributed by atoms with Gasteiger partial charge in [0, 0.05) is 12.1 Å². The number of carbonyl (C=O) groups excluding carboxylic acids is 2. The number of nitro benzene ring substituents is 1. The topological polar surface area (TPSA) is 136 Å². The number of carbonyl (C=O) groups is 3. The number of carboxylic acids is 1. The number of aromatic carboxylic acids is 1. The van der Waals surface area contributed by atoms with Crippen molar-refractivity contribution in [3.05, 3.63) is 75.3 Å². The molecule has 0 aliphatic heterocycles. The highest BCUT2D eigenvalue weighted by molar-refractivity contribution is 6.05. The van der Waals surface area contributed by atoms with E-state index in [9.17, 15) is 29.6 Å². The van der Waals surface area contributed by atoms with Crippen LogP contribution in [0.25, 0.3) is 0 Å². The number of nitrogens with zero attached hydrogens (tertiary/aromatic N) is 1. The lowest BCUT2D eigenvalue weighted by Gasteiger charge is -2.18. The van der Waals surface area contributed by atoms with Crippen molar-refractivity contribution >= 4 is 23.5 Å². The number of rotatable bonds is 9. The normalized spacial score (nSPS) is 11.3. The van der Waals surface area contributed by atoms with Crippen LogP contribution in [0.2, 0.25) is 0 Å². The smallest absolute Gasteiger partial charge is 0.336 e. The molecule has 0 aliphatic carbocycles. The number of ether oxygens (including phenoxy) is 1. The molecular weight excluding hydrogens is 380 g/mol. The number of non-ortho nitro benzene ring substituents is 1. The van der Waals surface area contributed by atoms with Gasteiger partial charge in [-0.3, -0.25) is 14.9 Å². The Morgan fingerprint density at radius 1 is 1.10 bits per heavy atom. The highest BCUT2D eigenvalue weighted by Crippen LogP contribution is 2.15. The number of nitro groups is 1. The van der Waals surface area contributed by atoms with Gasteiger partial charge in [0.2, 0.25) is 0 Å². The number of nitrogens with one attached hydrogen (secondary N) is 1. The van der Waals surface area contributed by atoms with Crippen LogP contribution in [0.5, 0.6) is 0 Å². The zero-order valence-corrected chi connectivity index (χ0v) is 15.7. The second-order valence-electron chi connectivity index (χ2n) is 6.09. The van der Waals surface area contributed by atoms with Crippen LogP contribution < -0.4 is 5.32 Å². The Morgan fingerprint density at radius 3 is 2.28 bits per heavy atom. The molecule has 0 saturated carbocycles. The molecule has 0 heterocycles. The molecule has 0 aromatic heterocycles. The molecule has 9 heteroatoms. The fraction of sp³-hybridized carbons (Fsp3) is 0.250. The molecule has 29 heavy (non-hydrogen) atoms. The summed E-state index contributed by atoms with van der Waals surface area (Å²) in [6, 6.07) is 10.5. The van der Waals surface area contributed by atoms with Crippen LogP contribution in [0.4, 0.5) is 5.69 Å². The minimum absolute atomic E-state index is 0.0470. The summed E-state index contributed by atoms with van der Waals surface area (Å²) in [5, 5.41) is 22.5. The van der Waals surface area contributed by atoms with E-state index in [1.54, 1.807) is 19.1 Å². The van der Waals surface area contributed by atoms with Crippen molar-refractivity contribution < 1.29 is 29.2 Å². The lowest BCUT2D eigenvalue weighted by molar-refractivity contribution is -0.384. The molecular formula is C20H20N2O7. The van der Waals surface area contributed by atoms with Gasteiger partial charge in [-0.15, -0.1) is 0 Å². The first-order chi connectivity index (χ1) is 13.8. The monoisotopic (exact) mass is 400 g/mol. The molecule has 1 atom stereocenters. The van der Waals surface area contributed by atoms with Gasteiger partial charge in [0.15, 0.2) is 0 Å². The summed E-state index contributed by atoms with van der Waals surface area (Å²) in [6.07, 6.45) is 0.528. The maximum Gasteiger partial charge on any atom is 0.336 e. The number of aryl methyl sites for hydroxylation is 1. The lowest BCUT2D eigenvalue weighted by atomic mass is 10.0. The largest absolute Gasteiger partial charge is 0.478 e. The van der Waals surface area contributed by atoms with E-state index < -0.39 is 28.8 Å². The number of hydrogen-bond donors (Lipinski definition) is 2. The summed E-state index contributed by atoms with van der Waals surface area (Å²) in [5.41, 5.74) is 0.451. The highest BCUT2D eigenvalue weighted by Gasteiger charge is 2.24. The van der Waals surface area contributed by atoms with E-state index in [2.05, 4.69) is 5.32 Å². The first-order valence-electron chi connectivity index (χ1n) is 8.86. The summed E-state index contributed by atoms with van der Waals surface area (Å²) in [5.74, 6) is -2.60. The quantitative estimate of drug-likeness (QED) is 0.375. The second-order valence-corrected chi connectivity index (χ2v) is 6.09. The fourth-order valence-electron chi connectivity index (χ4n) is 2.69. The zero-order valence-electron chi connectivity index (χ0n) is 15.7. The first kappa shape index (κ1) is 21.5. The predicted octanol–water partition coefficient (Wildman–Crippen LogP) is 2.59. The van der Waals surface area contributed by atoms with E-state index >= 15 is 0 Å². The maximum atomic E-state index is 12.6. The lowest BCUT2D eigenvalue weighted by Crippen LogP contribution is -2.42. The van der Waals surface area contributed by atoms with Crippen LogP contribution in [0, 0.1) is 10.1 Å². The fourth-order valence-corrected chi connectivity index (χ4v) is 2.69. The van der Waals surface area contributed by atoms with Gasteiger partial charge in [0.25, 0.3) is 11.6 Å². The van der Waals surface area contributed by atoms with Gasteiger partial charge in [-0.1, -0.05) is 24.3 Å². The minimum Gasteiger partial charge on any atom is -0.478 e. The first-order valence-corrected chi connectivity index (χ1v) is 8.86. The van der Waals surface area contributed by atoms with Crippen LogP contribution in [-0.2, 0) is 16.0 Å². The molecule has 0 spiro atoms. The van der Waals surface area contributed by atoms with Crippen LogP contribution in [-0.4, -0.2) is 40.5 Å². The molecule has 2 N–H and O–H groups in total. The number of amides is 1. The van der Waals surface area contributed by atoms with Crippen LogP contribution in [0.15, 0.2) is 48.5 Å². The van der Waals surface area contributed by atoms with Gasteiger partial charge in [0.1, 0.15) is 6.04 Å². The molecule has 0 bridgehead atoms. The van der Waals surface area contributed by atoms with Gasteiger partial charge in [-0.05, 0) is 37.5 Å². The predicted molar refractivity (Wildman–Crippen MR) is 103 cm³/mol. The Kier molecular flexibility index (Phi) is 7.41. The van der Waals surface area contributed by atoms with Crippen molar-refractivity contribution in [2.75, 3.05) is 6.61 Å². The molecule has 2 aromatic rings. The SMILES string of the molecule is CCOC(=O)[C@H](CCc1ccc([N+](=O)[O-])cc1)NC(=O)c1ccccc1C(=O)O. The van der Waals surface area contributed by atoms with Crippen molar-refractivity contribution in [3.63, 3.8) is 0 Å². The van der Waals surface area contributed by atoms with Crippen molar-refractivity contribution in [2.24, 2.45) is 0 Å². The summed E-state index contributed by atoms with van der Waals surface area (Å²) < 4.78 is 5.00. The highest BCUT2D eigenvalue weighted by atomic mass is 16.6. The van der Waals surface area contributed by atoms with Gasteiger partial charge >= 0.3 is 11.9 Å². The molecule has 0 saturated heterocycles.